The fraction of sp³-hybridized carbons (Fsp3) is 0.588. The molecule has 0 aromatic heterocycles. The van der Waals surface area contributed by atoms with Gasteiger partial charge < -0.3 is 9.47 Å². The molecule has 0 spiro atoms. The molecule has 1 atom stereocenters. The summed E-state index contributed by atoms with van der Waals surface area (Å²) in [5.41, 5.74) is 2.51. The molecule has 0 radical (unpaired) electrons. The van der Waals surface area contributed by atoms with E-state index in [0.29, 0.717) is 19.1 Å². The molecular formula is C17H27NO3. The predicted molar refractivity (Wildman–Crippen MR) is 84.6 cm³/mol. The van der Waals surface area contributed by atoms with E-state index in [-0.39, 0.29) is 5.97 Å². The third-order valence-corrected chi connectivity index (χ3v) is 3.79. The Hall–Kier alpha value is -1.55. The van der Waals surface area contributed by atoms with E-state index in [1.807, 2.05) is 13.0 Å². The number of hydrogen-bond donors (Lipinski definition) is 0. The van der Waals surface area contributed by atoms with Gasteiger partial charge in [-0.25, -0.2) is 0 Å². The maximum Gasteiger partial charge on any atom is 0.305 e. The summed E-state index contributed by atoms with van der Waals surface area (Å²) >= 11 is 0. The smallest absolute Gasteiger partial charge is 0.305 e. The number of methoxy groups -OCH3 is 1. The molecule has 0 aliphatic heterocycles. The maximum absolute atomic E-state index is 11.3. The van der Waals surface area contributed by atoms with Crippen LogP contribution in [0.3, 0.4) is 0 Å². The van der Waals surface area contributed by atoms with Crippen LogP contribution >= 0.6 is 0 Å². The highest BCUT2D eigenvalue weighted by molar-refractivity contribution is 5.69. The third kappa shape index (κ3) is 5.38. The lowest BCUT2D eigenvalue weighted by Crippen LogP contribution is -2.24. The van der Waals surface area contributed by atoms with Crippen molar-refractivity contribution >= 4 is 5.97 Å². The van der Waals surface area contributed by atoms with Gasteiger partial charge in [-0.2, -0.15) is 0 Å². The van der Waals surface area contributed by atoms with Crippen LogP contribution in [0.25, 0.3) is 0 Å². The second-order valence-electron chi connectivity index (χ2n) is 5.29. The number of aryl methyl sites for hydroxylation is 1. The SMILES string of the molecule is CCOC(=O)CCCN(C)C(C)c1ccc(OC)cc1C. The molecule has 1 aromatic carbocycles. The first-order valence-corrected chi connectivity index (χ1v) is 7.50. The van der Waals surface area contributed by atoms with E-state index in [0.717, 1.165) is 18.7 Å². The fourth-order valence-corrected chi connectivity index (χ4v) is 2.38. The molecule has 0 aliphatic carbocycles. The summed E-state index contributed by atoms with van der Waals surface area (Å²) in [6, 6.07) is 6.46. The average molecular weight is 293 g/mol. The molecule has 0 bridgehead atoms. The van der Waals surface area contributed by atoms with Gasteiger partial charge in [-0.1, -0.05) is 6.07 Å². The molecule has 0 N–H and O–H groups in total. The van der Waals surface area contributed by atoms with E-state index in [9.17, 15) is 4.79 Å². The molecule has 118 valence electrons. The molecule has 0 saturated carbocycles. The Labute approximate surface area is 128 Å². The number of nitrogens with zero attached hydrogens (tertiary/aromatic N) is 1. The number of esters is 1. The third-order valence-electron chi connectivity index (χ3n) is 3.79. The molecular weight excluding hydrogens is 266 g/mol. The van der Waals surface area contributed by atoms with E-state index < -0.39 is 0 Å². The van der Waals surface area contributed by atoms with Gasteiger partial charge in [-0.3, -0.25) is 9.69 Å². The molecule has 0 heterocycles. The van der Waals surface area contributed by atoms with Crippen LogP contribution < -0.4 is 4.74 Å². The standard InChI is InChI=1S/C17H27NO3/c1-6-21-17(19)8-7-11-18(4)14(3)16-10-9-15(20-5)12-13(16)2/h9-10,12,14H,6-8,11H2,1-5H3. The zero-order valence-electron chi connectivity index (χ0n) is 13.8. The molecule has 21 heavy (non-hydrogen) atoms. The average Bonchev–Trinajstić information content (AvgIpc) is 2.46. The first-order chi connectivity index (χ1) is 9.99. The highest BCUT2D eigenvalue weighted by atomic mass is 16.5. The Bertz CT molecular complexity index is 459. The van der Waals surface area contributed by atoms with Crippen molar-refractivity contribution in [1.29, 1.82) is 0 Å². The highest BCUT2D eigenvalue weighted by Crippen LogP contribution is 2.25. The summed E-state index contributed by atoms with van der Waals surface area (Å²) in [4.78, 5) is 13.6. The zero-order valence-corrected chi connectivity index (χ0v) is 13.8. The lowest BCUT2D eigenvalue weighted by molar-refractivity contribution is -0.143. The van der Waals surface area contributed by atoms with Gasteiger partial charge in [0.15, 0.2) is 0 Å². The molecule has 4 nitrogen and oxygen atoms in total. The number of carbonyl (C=O) groups excluding carboxylic acids is 1. The van der Waals surface area contributed by atoms with Gasteiger partial charge in [0.25, 0.3) is 0 Å². The Balaban J connectivity index is 2.54. The predicted octanol–water partition coefficient (Wildman–Crippen LogP) is 3.34. The van der Waals surface area contributed by atoms with Gasteiger partial charge in [0, 0.05) is 12.5 Å². The Morgan fingerprint density at radius 3 is 2.67 bits per heavy atom. The summed E-state index contributed by atoms with van der Waals surface area (Å²) in [6.45, 7) is 7.43. The van der Waals surface area contributed by atoms with E-state index in [1.165, 1.54) is 11.1 Å². The molecule has 4 heteroatoms. The van der Waals surface area contributed by atoms with Crippen molar-refractivity contribution in [2.75, 3.05) is 27.3 Å². The van der Waals surface area contributed by atoms with Crippen molar-refractivity contribution in [3.05, 3.63) is 29.3 Å². The minimum Gasteiger partial charge on any atom is -0.497 e. The highest BCUT2D eigenvalue weighted by Gasteiger charge is 2.14. The van der Waals surface area contributed by atoms with E-state index >= 15 is 0 Å². The summed E-state index contributed by atoms with van der Waals surface area (Å²) in [5, 5.41) is 0. The Morgan fingerprint density at radius 2 is 2.10 bits per heavy atom. The first kappa shape index (κ1) is 17.5. The van der Waals surface area contributed by atoms with Crippen molar-refractivity contribution in [1.82, 2.24) is 4.90 Å². The number of ether oxygens (including phenoxy) is 2. The number of benzene rings is 1. The largest absolute Gasteiger partial charge is 0.497 e. The van der Waals surface area contributed by atoms with E-state index in [4.69, 9.17) is 9.47 Å². The van der Waals surface area contributed by atoms with Gasteiger partial charge >= 0.3 is 5.97 Å². The maximum atomic E-state index is 11.3. The van der Waals surface area contributed by atoms with Crippen molar-refractivity contribution in [2.45, 2.75) is 39.7 Å². The second-order valence-corrected chi connectivity index (χ2v) is 5.29. The van der Waals surface area contributed by atoms with Crippen LogP contribution in [0.2, 0.25) is 0 Å². The Morgan fingerprint density at radius 1 is 1.38 bits per heavy atom. The number of carbonyl (C=O) groups is 1. The minimum atomic E-state index is -0.112. The molecule has 1 rings (SSSR count). The van der Waals surface area contributed by atoms with Crippen molar-refractivity contribution in [3.8, 4) is 5.75 Å². The molecule has 1 aromatic rings. The quantitative estimate of drug-likeness (QED) is 0.689. The molecule has 0 aliphatic rings. The fourth-order valence-electron chi connectivity index (χ4n) is 2.38. The van der Waals surface area contributed by atoms with E-state index in [2.05, 4.69) is 37.9 Å². The number of hydrogen-bond acceptors (Lipinski definition) is 4. The molecule has 0 saturated heterocycles. The van der Waals surface area contributed by atoms with Crippen LogP contribution in [0.5, 0.6) is 5.75 Å². The Kier molecular flexibility index (Phi) is 7.23. The van der Waals surface area contributed by atoms with Crippen LogP contribution in [0.15, 0.2) is 18.2 Å². The summed E-state index contributed by atoms with van der Waals surface area (Å²) in [6.07, 6.45) is 1.29. The van der Waals surface area contributed by atoms with Crippen LogP contribution in [0.1, 0.15) is 43.9 Å². The van der Waals surface area contributed by atoms with E-state index in [1.54, 1.807) is 7.11 Å². The topological polar surface area (TPSA) is 38.8 Å². The summed E-state index contributed by atoms with van der Waals surface area (Å²) in [7, 11) is 3.76. The monoisotopic (exact) mass is 293 g/mol. The minimum absolute atomic E-state index is 0.112. The van der Waals surface area contributed by atoms with Gasteiger partial charge in [0.1, 0.15) is 5.75 Å². The number of rotatable bonds is 8. The van der Waals surface area contributed by atoms with Crippen molar-refractivity contribution in [3.63, 3.8) is 0 Å². The molecule has 1 unspecified atom stereocenters. The normalized spacial score (nSPS) is 12.3. The van der Waals surface area contributed by atoms with Crippen molar-refractivity contribution in [2.24, 2.45) is 0 Å². The molecule has 0 amide bonds. The lowest BCUT2D eigenvalue weighted by atomic mass is 10.0. The summed E-state index contributed by atoms with van der Waals surface area (Å²) < 4.78 is 10.2. The zero-order chi connectivity index (χ0) is 15.8. The van der Waals surface area contributed by atoms with Gasteiger partial charge in [0.2, 0.25) is 0 Å². The van der Waals surface area contributed by atoms with Crippen LogP contribution in [-0.4, -0.2) is 38.2 Å². The molecule has 0 fully saturated rings. The lowest BCUT2D eigenvalue weighted by Gasteiger charge is -2.26. The van der Waals surface area contributed by atoms with Gasteiger partial charge in [-0.05, 0) is 64.0 Å². The van der Waals surface area contributed by atoms with Crippen LogP contribution in [-0.2, 0) is 9.53 Å². The summed E-state index contributed by atoms with van der Waals surface area (Å²) in [5.74, 6) is 0.771. The van der Waals surface area contributed by atoms with Crippen LogP contribution in [0, 0.1) is 6.92 Å². The van der Waals surface area contributed by atoms with Crippen molar-refractivity contribution < 1.29 is 14.3 Å². The van der Waals surface area contributed by atoms with Gasteiger partial charge in [-0.15, -0.1) is 0 Å². The van der Waals surface area contributed by atoms with Gasteiger partial charge in [0.05, 0.1) is 13.7 Å². The first-order valence-electron chi connectivity index (χ1n) is 7.50. The second kappa shape index (κ2) is 8.67. The van der Waals surface area contributed by atoms with Crippen LogP contribution in [0.4, 0.5) is 0 Å².